The molecule has 2 rings (SSSR count). The average molecular weight is 343 g/mol. The molecule has 0 saturated carbocycles. The number of nitrogens with zero attached hydrogens (tertiary/aromatic N) is 3. The third-order valence-electron chi connectivity index (χ3n) is 2.65. The fourth-order valence-corrected chi connectivity index (χ4v) is 3.51. The highest BCUT2D eigenvalue weighted by Gasteiger charge is 2.27. The van der Waals surface area contributed by atoms with Crippen LogP contribution in [-0.2, 0) is 16.3 Å². The Bertz CT molecular complexity index is 801. The number of hydrogen-bond acceptors (Lipinski definition) is 8. The van der Waals surface area contributed by atoms with Gasteiger partial charge in [0.05, 0.1) is 9.82 Å². The molecule has 1 heterocycles. The van der Waals surface area contributed by atoms with Gasteiger partial charge in [0.2, 0.25) is 5.89 Å². The van der Waals surface area contributed by atoms with Crippen molar-refractivity contribution < 1.29 is 17.8 Å². The summed E-state index contributed by atoms with van der Waals surface area (Å²) in [4.78, 5) is 10.3. The van der Waals surface area contributed by atoms with Gasteiger partial charge in [-0.15, -0.1) is 10.2 Å². The Labute approximate surface area is 131 Å². The minimum Gasteiger partial charge on any atom is -0.416 e. The zero-order valence-electron chi connectivity index (χ0n) is 11.8. The first-order valence-electron chi connectivity index (χ1n) is 6.30. The lowest BCUT2D eigenvalue weighted by Gasteiger charge is -2.04. The first kappa shape index (κ1) is 16.4. The summed E-state index contributed by atoms with van der Waals surface area (Å²) in [5.41, 5.74) is -0.481. The summed E-state index contributed by atoms with van der Waals surface area (Å²) in [6.45, 7) is 1.96. The van der Waals surface area contributed by atoms with E-state index in [-0.39, 0.29) is 15.0 Å². The van der Waals surface area contributed by atoms with Gasteiger partial charge < -0.3 is 4.42 Å². The van der Waals surface area contributed by atoms with E-state index in [2.05, 4.69) is 10.2 Å². The van der Waals surface area contributed by atoms with Crippen LogP contribution in [0.25, 0.3) is 0 Å². The van der Waals surface area contributed by atoms with Crippen molar-refractivity contribution in [2.45, 2.75) is 34.8 Å². The van der Waals surface area contributed by atoms with Crippen LogP contribution in [-0.4, -0.2) is 29.8 Å². The van der Waals surface area contributed by atoms with Gasteiger partial charge in [-0.25, -0.2) is 8.42 Å². The van der Waals surface area contributed by atoms with Crippen molar-refractivity contribution in [2.24, 2.45) is 0 Å². The summed E-state index contributed by atoms with van der Waals surface area (Å²) in [5.74, 6) is 0.437. The molecule has 22 heavy (non-hydrogen) atoms. The molecule has 0 bridgehead atoms. The molecule has 1 aromatic heterocycles. The Morgan fingerprint density at radius 3 is 2.68 bits per heavy atom. The van der Waals surface area contributed by atoms with Crippen LogP contribution < -0.4 is 0 Å². The van der Waals surface area contributed by atoms with E-state index in [4.69, 9.17) is 4.42 Å². The number of para-hydroxylation sites is 1. The zero-order valence-corrected chi connectivity index (χ0v) is 13.5. The molecular formula is C12H13N3O5S2. The van der Waals surface area contributed by atoms with Crippen molar-refractivity contribution in [3.63, 3.8) is 0 Å². The second-order valence-corrected chi connectivity index (χ2v) is 7.42. The Hall–Kier alpha value is -1.94. The van der Waals surface area contributed by atoms with E-state index in [1.54, 1.807) is 0 Å². The molecule has 0 saturated heterocycles. The van der Waals surface area contributed by atoms with Crippen molar-refractivity contribution in [3.8, 4) is 0 Å². The van der Waals surface area contributed by atoms with Gasteiger partial charge in [-0.1, -0.05) is 13.0 Å². The van der Waals surface area contributed by atoms with E-state index in [1.165, 1.54) is 18.2 Å². The highest BCUT2D eigenvalue weighted by Crippen LogP contribution is 2.38. The van der Waals surface area contributed by atoms with Gasteiger partial charge in [0.25, 0.3) is 5.22 Å². The van der Waals surface area contributed by atoms with Crippen molar-refractivity contribution >= 4 is 27.3 Å². The number of hydrogen-bond donors (Lipinski definition) is 0. The molecule has 118 valence electrons. The molecule has 0 radical (unpaired) electrons. The largest absolute Gasteiger partial charge is 0.416 e. The molecule has 0 aliphatic rings. The summed E-state index contributed by atoms with van der Waals surface area (Å²) in [6, 6.07) is 4.09. The minimum atomic E-state index is -3.72. The summed E-state index contributed by atoms with van der Waals surface area (Å²) in [6.07, 6.45) is 2.37. The average Bonchev–Trinajstić information content (AvgIpc) is 2.85. The first-order chi connectivity index (χ1) is 10.3. The molecule has 0 atom stereocenters. The molecule has 0 aliphatic heterocycles. The van der Waals surface area contributed by atoms with E-state index in [0.29, 0.717) is 12.3 Å². The van der Waals surface area contributed by atoms with Crippen LogP contribution >= 0.6 is 11.8 Å². The molecule has 8 nitrogen and oxygen atoms in total. The lowest BCUT2D eigenvalue weighted by molar-refractivity contribution is -0.390. The molecule has 0 spiro atoms. The highest BCUT2D eigenvalue weighted by atomic mass is 32.2. The Kier molecular flexibility index (Phi) is 4.81. The van der Waals surface area contributed by atoms with Gasteiger partial charge in [-0.3, -0.25) is 10.1 Å². The summed E-state index contributed by atoms with van der Waals surface area (Å²) in [5, 5.41) is 19.0. The molecule has 0 N–H and O–H groups in total. The van der Waals surface area contributed by atoms with Crippen LogP contribution in [0.5, 0.6) is 0 Å². The van der Waals surface area contributed by atoms with Crippen molar-refractivity contribution in [2.75, 3.05) is 6.26 Å². The lowest BCUT2D eigenvalue weighted by Crippen LogP contribution is -2.03. The van der Waals surface area contributed by atoms with Gasteiger partial charge >= 0.3 is 5.69 Å². The highest BCUT2D eigenvalue weighted by molar-refractivity contribution is 7.99. The maximum atomic E-state index is 11.7. The SMILES string of the molecule is CCCc1nnc(Sc2cccc(S(C)(=O)=O)c2[N+](=O)[O-])o1. The van der Waals surface area contributed by atoms with E-state index >= 15 is 0 Å². The number of nitro benzene ring substituents is 1. The zero-order chi connectivity index (χ0) is 16.3. The predicted molar refractivity (Wildman–Crippen MR) is 78.6 cm³/mol. The standard InChI is InChI=1S/C12H13N3O5S2/c1-3-5-10-13-14-12(20-10)21-8-6-4-7-9(22(2,18)19)11(8)15(16)17/h4,6-7H,3,5H2,1-2H3. The minimum absolute atomic E-state index is 0.136. The second-order valence-electron chi connectivity index (χ2n) is 4.45. The van der Waals surface area contributed by atoms with Crippen LogP contribution in [0.3, 0.4) is 0 Å². The number of aryl methyl sites for hydroxylation is 1. The van der Waals surface area contributed by atoms with Crippen LogP contribution in [0.1, 0.15) is 19.2 Å². The van der Waals surface area contributed by atoms with Crippen molar-refractivity contribution in [1.29, 1.82) is 0 Å². The molecule has 10 heteroatoms. The monoisotopic (exact) mass is 343 g/mol. The third kappa shape index (κ3) is 3.63. The topological polar surface area (TPSA) is 116 Å². The van der Waals surface area contributed by atoms with Crippen LogP contribution in [0.15, 0.2) is 37.6 Å². The Morgan fingerprint density at radius 2 is 2.09 bits per heavy atom. The Balaban J connectivity index is 2.44. The summed E-state index contributed by atoms with van der Waals surface area (Å²) >= 11 is 0.873. The van der Waals surface area contributed by atoms with E-state index in [9.17, 15) is 18.5 Å². The maximum absolute atomic E-state index is 11.7. The smallest absolute Gasteiger partial charge is 0.301 e. The van der Waals surface area contributed by atoms with Gasteiger partial charge in [0.1, 0.15) is 4.90 Å². The molecule has 0 fully saturated rings. The predicted octanol–water partition coefficient (Wildman–Crippen LogP) is 2.49. The number of benzene rings is 1. The van der Waals surface area contributed by atoms with Crippen LogP contribution in [0.4, 0.5) is 5.69 Å². The van der Waals surface area contributed by atoms with Crippen molar-refractivity contribution in [3.05, 3.63) is 34.2 Å². The first-order valence-corrected chi connectivity index (χ1v) is 9.01. The van der Waals surface area contributed by atoms with E-state index in [0.717, 1.165) is 24.4 Å². The Morgan fingerprint density at radius 1 is 1.36 bits per heavy atom. The van der Waals surface area contributed by atoms with Crippen LogP contribution in [0.2, 0.25) is 0 Å². The maximum Gasteiger partial charge on any atom is 0.301 e. The normalized spacial score (nSPS) is 11.5. The van der Waals surface area contributed by atoms with Gasteiger partial charge in [-0.05, 0) is 30.3 Å². The number of rotatable bonds is 6. The molecule has 0 aliphatic carbocycles. The van der Waals surface area contributed by atoms with Crippen molar-refractivity contribution in [1.82, 2.24) is 10.2 Å². The number of sulfone groups is 1. The van der Waals surface area contributed by atoms with E-state index in [1.807, 2.05) is 6.92 Å². The van der Waals surface area contributed by atoms with Gasteiger partial charge in [0.15, 0.2) is 9.84 Å². The molecule has 1 aromatic carbocycles. The number of nitro groups is 1. The summed E-state index contributed by atoms with van der Waals surface area (Å²) in [7, 11) is -3.72. The fraction of sp³-hybridized carbons (Fsp3) is 0.333. The quantitative estimate of drug-likeness (QED) is 0.580. The van der Waals surface area contributed by atoms with Crippen LogP contribution in [0, 0.1) is 10.1 Å². The second kappa shape index (κ2) is 6.44. The van der Waals surface area contributed by atoms with Gasteiger partial charge in [-0.2, -0.15) is 0 Å². The van der Waals surface area contributed by atoms with E-state index < -0.39 is 20.4 Å². The molecule has 2 aromatic rings. The fourth-order valence-electron chi connectivity index (χ4n) is 1.75. The lowest BCUT2D eigenvalue weighted by atomic mass is 10.3. The van der Waals surface area contributed by atoms with Gasteiger partial charge in [0, 0.05) is 12.7 Å². The molecule has 0 unspecified atom stereocenters. The molecule has 0 amide bonds. The number of aromatic nitrogens is 2. The third-order valence-corrected chi connectivity index (χ3v) is 4.67. The molecular weight excluding hydrogens is 330 g/mol. The summed E-state index contributed by atoms with van der Waals surface area (Å²) < 4.78 is 28.7.